The van der Waals surface area contributed by atoms with Gasteiger partial charge in [-0.05, 0) is 18.2 Å². The normalized spacial score (nSPS) is 11.0. The summed E-state index contributed by atoms with van der Waals surface area (Å²) in [5.74, 6) is -0.908. The minimum atomic E-state index is -0.545. The highest BCUT2D eigenvalue weighted by Gasteiger charge is 2.13. The van der Waals surface area contributed by atoms with E-state index in [9.17, 15) is 9.18 Å². The molecule has 19 heavy (non-hydrogen) atoms. The fraction of sp³-hybridized carbons (Fsp3) is 0.0714. The van der Waals surface area contributed by atoms with Crippen molar-refractivity contribution in [2.75, 3.05) is 5.73 Å². The van der Waals surface area contributed by atoms with E-state index in [0.717, 1.165) is 0 Å². The smallest absolute Gasteiger partial charge is 0.408 e. The highest BCUT2D eigenvalue weighted by atomic mass is 19.1. The molecule has 0 aliphatic heterocycles. The largest absolute Gasteiger partial charge is 0.420 e. The minimum absolute atomic E-state index is 0.0900. The Bertz CT molecular complexity index is 805. The van der Waals surface area contributed by atoms with Gasteiger partial charge in [0.25, 0.3) is 0 Å². The molecule has 96 valence electrons. The number of hydrogen-bond acceptors (Lipinski definition) is 3. The van der Waals surface area contributed by atoms with E-state index in [1.807, 2.05) is 0 Å². The van der Waals surface area contributed by atoms with Crippen molar-refractivity contribution in [3.63, 3.8) is 0 Å². The fourth-order valence-electron chi connectivity index (χ4n) is 2.09. The van der Waals surface area contributed by atoms with E-state index in [1.165, 1.54) is 10.6 Å². The number of nitrogen functional groups attached to an aromatic ring is 1. The topological polar surface area (TPSA) is 61.2 Å². The molecule has 0 aliphatic carbocycles. The Morgan fingerprint density at radius 3 is 2.74 bits per heavy atom. The highest BCUT2D eigenvalue weighted by molar-refractivity contribution is 5.85. The van der Waals surface area contributed by atoms with Crippen LogP contribution < -0.4 is 11.5 Å². The predicted octanol–water partition coefficient (Wildman–Crippen LogP) is 2.36. The molecule has 4 nitrogen and oxygen atoms in total. The summed E-state index contributed by atoms with van der Waals surface area (Å²) in [6.07, 6.45) is 0. The Hall–Kier alpha value is -2.56. The van der Waals surface area contributed by atoms with Gasteiger partial charge in [-0.15, -0.1) is 0 Å². The second-order valence-electron chi connectivity index (χ2n) is 4.24. The summed E-state index contributed by atoms with van der Waals surface area (Å²) in [6, 6.07) is 11.3. The number of hydrogen-bond donors (Lipinski definition) is 1. The first-order chi connectivity index (χ1) is 9.16. The summed E-state index contributed by atoms with van der Waals surface area (Å²) in [4.78, 5) is 11.8. The molecule has 1 heterocycles. The third-order valence-electron chi connectivity index (χ3n) is 3.00. The van der Waals surface area contributed by atoms with Crippen molar-refractivity contribution < 1.29 is 8.81 Å². The van der Waals surface area contributed by atoms with Crippen LogP contribution in [-0.2, 0) is 6.54 Å². The molecule has 0 amide bonds. The molecule has 0 atom stereocenters. The molecule has 5 heteroatoms. The molecular formula is C14H11FN2O2. The van der Waals surface area contributed by atoms with Gasteiger partial charge in [-0.3, -0.25) is 4.57 Å². The van der Waals surface area contributed by atoms with Gasteiger partial charge in [0.15, 0.2) is 5.58 Å². The SMILES string of the molecule is Nc1cccc2oc(=O)n(Cc3ccccc3F)c12. The highest BCUT2D eigenvalue weighted by Crippen LogP contribution is 2.21. The number of aromatic nitrogens is 1. The molecule has 2 aromatic carbocycles. The Kier molecular flexibility index (Phi) is 2.59. The van der Waals surface area contributed by atoms with Crippen LogP contribution in [0.4, 0.5) is 10.1 Å². The Labute approximate surface area is 107 Å². The average molecular weight is 258 g/mol. The van der Waals surface area contributed by atoms with E-state index in [1.54, 1.807) is 36.4 Å². The van der Waals surface area contributed by atoms with Gasteiger partial charge in [0.2, 0.25) is 0 Å². The maximum atomic E-state index is 13.6. The van der Waals surface area contributed by atoms with Gasteiger partial charge in [-0.1, -0.05) is 24.3 Å². The van der Waals surface area contributed by atoms with Crippen LogP contribution in [0.15, 0.2) is 51.7 Å². The molecule has 1 aromatic heterocycles. The summed E-state index contributed by atoms with van der Waals surface area (Å²) >= 11 is 0. The summed E-state index contributed by atoms with van der Waals surface area (Å²) in [5, 5.41) is 0. The van der Waals surface area contributed by atoms with E-state index in [0.29, 0.717) is 22.4 Å². The number of halogens is 1. The van der Waals surface area contributed by atoms with Gasteiger partial charge >= 0.3 is 5.76 Å². The van der Waals surface area contributed by atoms with Gasteiger partial charge < -0.3 is 10.2 Å². The zero-order valence-electron chi connectivity index (χ0n) is 9.97. The van der Waals surface area contributed by atoms with Gasteiger partial charge in [-0.25, -0.2) is 9.18 Å². The molecule has 0 unspecified atom stereocenters. The second-order valence-corrected chi connectivity index (χ2v) is 4.24. The summed E-state index contributed by atoms with van der Waals surface area (Å²) < 4.78 is 20.1. The molecule has 3 rings (SSSR count). The number of nitrogens with zero attached hydrogens (tertiary/aromatic N) is 1. The van der Waals surface area contributed by atoms with Crippen LogP contribution in [0.2, 0.25) is 0 Å². The van der Waals surface area contributed by atoms with Gasteiger partial charge in [0.05, 0.1) is 12.2 Å². The van der Waals surface area contributed by atoms with Crippen molar-refractivity contribution >= 4 is 16.8 Å². The van der Waals surface area contributed by atoms with Crippen LogP contribution >= 0.6 is 0 Å². The molecule has 0 aliphatic rings. The second kappa shape index (κ2) is 4.28. The lowest BCUT2D eigenvalue weighted by atomic mass is 10.2. The number of anilines is 1. The Morgan fingerprint density at radius 1 is 1.16 bits per heavy atom. The third-order valence-corrected chi connectivity index (χ3v) is 3.00. The lowest BCUT2D eigenvalue weighted by Crippen LogP contribution is -2.16. The van der Waals surface area contributed by atoms with Gasteiger partial charge in [0, 0.05) is 5.56 Å². The van der Waals surface area contributed by atoms with Crippen LogP contribution in [0.3, 0.4) is 0 Å². The summed E-state index contributed by atoms with van der Waals surface area (Å²) in [7, 11) is 0. The van der Waals surface area contributed by atoms with Crippen LogP contribution in [0.5, 0.6) is 0 Å². The number of nitrogens with two attached hydrogens (primary N) is 1. The predicted molar refractivity (Wildman–Crippen MR) is 70.4 cm³/mol. The van der Waals surface area contributed by atoms with Crippen LogP contribution in [0.1, 0.15) is 5.56 Å². The zero-order valence-corrected chi connectivity index (χ0v) is 9.97. The fourth-order valence-corrected chi connectivity index (χ4v) is 2.09. The number of oxazole rings is 1. The van der Waals surface area contributed by atoms with E-state index >= 15 is 0 Å². The molecule has 3 aromatic rings. The number of benzene rings is 2. The Balaban J connectivity index is 2.19. The average Bonchev–Trinajstić information content (AvgIpc) is 2.70. The van der Waals surface area contributed by atoms with E-state index < -0.39 is 5.76 Å². The van der Waals surface area contributed by atoms with Crippen molar-refractivity contribution in [3.05, 3.63) is 64.4 Å². The first-order valence-corrected chi connectivity index (χ1v) is 5.78. The molecule has 2 N–H and O–H groups in total. The molecular weight excluding hydrogens is 247 g/mol. The molecule has 0 radical (unpaired) electrons. The number of para-hydroxylation sites is 1. The van der Waals surface area contributed by atoms with Crippen molar-refractivity contribution in [2.45, 2.75) is 6.54 Å². The van der Waals surface area contributed by atoms with E-state index in [-0.39, 0.29) is 12.4 Å². The van der Waals surface area contributed by atoms with E-state index in [4.69, 9.17) is 10.2 Å². The summed E-state index contributed by atoms with van der Waals surface area (Å²) in [6.45, 7) is 0.0900. The van der Waals surface area contributed by atoms with Crippen molar-refractivity contribution in [1.82, 2.24) is 4.57 Å². The van der Waals surface area contributed by atoms with Crippen molar-refractivity contribution in [1.29, 1.82) is 0 Å². The minimum Gasteiger partial charge on any atom is -0.408 e. The zero-order chi connectivity index (χ0) is 13.4. The first-order valence-electron chi connectivity index (χ1n) is 5.78. The molecule has 0 bridgehead atoms. The molecule has 0 spiro atoms. The Morgan fingerprint density at radius 2 is 1.95 bits per heavy atom. The summed E-state index contributed by atoms with van der Waals surface area (Å²) in [5.41, 5.74) is 7.59. The van der Waals surface area contributed by atoms with Crippen LogP contribution in [0.25, 0.3) is 11.1 Å². The standard InChI is InChI=1S/C14H11FN2O2/c15-10-5-2-1-4-9(10)8-17-13-11(16)6-3-7-12(13)19-14(17)18/h1-7H,8,16H2. The number of fused-ring (bicyclic) bond motifs is 1. The van der Waals surface area contributed by atoms with Crippen molar-refractivity contribution in [3.8, 4) is 0 Å². The quantitative estimate of drug-likeness (QED) is 0.718. The van der Waals surface area contributed by atoms with Crippen molar-refractivity contribution in [2.24, 2.45) is 0 Å². The molecule has 0 fully saturated rings. The third kappa shape index (κ3) is 1.89. The van der Waals surface area contributed by atoms with E-state index in [2.05, 4.69) is 0 Å². The van der Waals surface area contributed by atoms with Crippen LogP contribution in [0, 0.1) is 5.82 Å². The maximum absolute atomic E-state index is 13.6. The van der Waals surface area contributed by atoms with Gasteiger partial charge in [-0.2, -0.15) is 0 Å². The maximum Gasteiger partial charge on any atom is 0.420 e. The lowest BCUT2D eigenvalue weighted by Gasteiger charge is -2.05. The van der Waals surface area contributed by atoms with Gasteiger partial charge in [0.1, 0.15) is 11.3 Å². The monoisotopic (exact) mass is 258 g/mol. The lowest BCUT2D eigenvalue weighted by molar-refractivity contribution is 0.512. The molecule has 0 saturated carbocycles. The first kappa shape index (κ1) is 11.5. The number of rotatable bonds is 2. The molecule has 0 saturated heterocycles. The van der Waals surface area contributed by atoms with Crippen LogP contribution in [-0.4, -0.2) is 4.57 Å².